The van der Waals surface area contributed by atoms with Crippen LogP contribution < -0.4 is 0 Å². The Morgan fingerprint density at radius 1 is 1.17 bits per heavy atom. The Labute approximate surface area is 146 Å². The fourth-order valence-electron chi connectivity index (χ4n) is 4.43. The standard InChI is InChI=1S/C18H33N3O3/c1-3-19(4-2)8-9-20-7-5-16-18(15-20,6-12-24-16)17(22)21-10-13-23-14-11-21/h16H,3-15H2,1-2H3/t16-,18+/m0/s1. The average molecular weight is 339 g/mol. The Kier molecular flexibility index (Phi) is 6.13. The zero-order valence-corrected chi connectivity index (χ0v) is 15.3. The topological polar surface area (TPSA) is 45.2 Å². The van der Waals surface area contributed by atoms with Crippen molar-refractivity contribution < 1.29 is 14.3 Å². The minimum absolute atomic E-state index is 0.109. The van der Waals surface area contributed by atoms with Crippen molar-refractivity contribution in [2.75, 3.05) is 72.2 Å². The first-order valence-corrected chi connectivity index (χ1v) is 9.63. The zero-order chi connectivity index (χ0) is 17.0. The molecule has 0 unspecified atom stereocenters. The van der Waals surface area contributed by atoms with Crippen LogP contribution in [-0.2, 0) is 14.3 Å². The lowest BCUT2D eigenvalue weighted by Gasteiger charge is -2.45. The van der Waals surface area contributed by atoms with Gasteiger partial charge in [-0.25, -0.2) is 0 Å². The Balaban J connectivity index is 1.65. The highest BCUT2D eigenvalue weighted by molar-refractivity contribution is 5.84. The highest BCUT2D eigenvalue weighted by atomic mass is 16.5. The molecule has 3 aliphatic heterocycles. The molecule has 0 aromatic heterocycles. The molecule has 3 heterocycles. The summed E-state index contributed by atoms with van der Waals surface area (Å²) in [5.41, 5.74) is -0.321. The van der Waals surface area contributed by atoms with E-state index in [1.807, 2.05) is 4.90 Å². The van der Waals surface area contributed by atoms with E-state index in [0.29, 0.717) is 19.1 Å². The molecule has 3 rings (SSSR count). The third kappa shape index (κ3) is 3.62. The van der Waals surface area contributed by atoms with Gasteiger partial charge in [-0.3, -0.25) is 4.79 Å². The maximum Gasteiger partial charge on any atom is 0.232 e. The summed E-state index contributed by atoms with van der Waals surface area (Å²) < 4.78 is 11.4. The second kappa shape index (κ2) is 8.13. The third-order valence-electron chi connectivity index (χ3n) is 6.05. The number of carbonyl (C=O) groups excluding carboxylic acids is 1. The number of likely N-dealkylation sites (N-methyl/N-ethyl adjacent to an activating group) is 1. The number of fused-ring (bicyclic) bond motifs is 1. The van der Waals surface area contributed by atoms with Crippen LogP contribution in [0.2, 0.25) is 0 Å². The molecule has 6 heteroatoms. The number of ether oxygens (including phenoxy) is 2. The van der Waals surface area contributed by atoms with Crippen LogP contribution in [0.25, 0.3) is 0 Å². The molecular weight excluding hydrogens is 306 g/mol. The first-order valence-electron chi connectivity index (χ1n) is 9.63. The van der Waals surface area contributed by atoms with Gasteiger partial charge in [0.05, 0.1) is 24.7 Å². The number of hydrogen-bond acceptors (Lipinski definition) is 5. The predicted molar refractivity (Wildman–Crippen MR) is 93.0 cm³/mol. The van der Waals surface area contributed by atoms with Crippen LogP contribution in [0.4, 0.5) is 0 Å². The number of hydrogen-bond donors (Lipinski definition) is 0. The number of piperidine rings is 1. The summed E-state index contributed by atoms with van der Waals surface area (Å²) in [5, 5.41) is 0. The van der Waals surface area contributed by atoms with Gasteiger partial charge in [-0.15, -0.1) is 0 Å². The van der Waals surface area contributed by atoms with Gasteiger partial charge in [0.2, 0.25) is 5.91 Å². The molecule has 2 atom stereocenters. The zero-order valence-electron chi connectivity index (χ0n) is 15.3. The van der Waals surface area contributed by atoms with E-state index in [2.05, 4.69) is 23.6 Å². The SMILES string of the molecule is CCN(CC)CCN1CC[C@@H]2OCC[C@@]2(C(=O)N2CCOCC2)C1. The van der Waals surface area contributed by atoms with Crippen molar-refractivity contribution in [2.24, 2.45) is 5.41 Å². The quantitative estimate of drug-likeness (QED) is 0.712. The summed E-state index contributed by atoms with van der Waals surface area (Å²) in [6.45, 7) is 14.2. The van der Waals surface area contributed by atoms with Crippen molar-refractivity contribution in [3.05, 3.63) is 0 Å². The number of amides is 1. The van der Waals surface area contributed by atoms with Gasteiger partial charge in [-0.05, 0) is 25.9 Å². The van der Waals surface area contributed by atoms with Crippen molar-refractivity contribution in [3.63, 3.8) is 0 Å². The molecule has 1 amide bonds. The van der Waals surface area contributed by atoms with Gasteiger partial charge in [0.15, 0.2) is 0 Å². The molecule has 24 heavy (non-hydrogen) atoms. The van der Waals surface area contributed by atoms with Gasteiger partial charge in [-0.2, -0.15) is 0 Å². The van der Waals surface area contributed by atoms with Crippen LogP contribution >= 0.6 is 0 Å². The molecule has 0 aliphatic carbocycles. The van der Waals surface area contributed by atoms with Gasteiger partial charge in [-0.1, -0.05) is 13.8 Å². The maximum absolute atomic E-state index is 13.3. The summed E-state index contributed by atoms with van der Waals surface area (Å²) in [6.07, 6.45) is 1.96. The molecule has 0 N–H and O–H groups in total. The first-order chi connectivity index (χ1) is 11.7. The first kappa shape index (κ1) is 18.1. The van der Waals surface area contributed by atoms with Gasteiger partial charge >= 0.3 is 0 Å². The Bertz CT molecular complexity index is 424. The third-order valence-corrected chi connectivity index (χ3v) is 6.05. The molecule has 0 saturated carbocycles. The van der Waals surface area contributed by atoms with Crippen LogP contribution in [0.3, 0.4) is 0 Å². The van der Waals surface area contributed by atoms with Gasteiger partial charge in [0, 0.05) is 45.9 Å². The number of carbonyl (C=O) groups is 1. The molecule has 3 fully saturated rings. The largest absolute Gasteiger partial charge is 0.378 e. The summed E-state index contributed by atoms with van der Waals surface area (Å²) in [6, 6.07) is 0. The molecule has 3 aliphatic rings. The fraction of sp³-hybridized carbons (Fsp3) is 0.944. The van der Waals surface area contributed by atoms with Crippen LogP contribution in [0.15, 0.2) is 0 Å². The van der Waals surface area contributed by atoms with Crippen molar-refractivity contribution in [3.8, 4) is 0 Å². The van der Waals surface area contributed by atoms with E-state index in [0.717, 1.165) is 71.8 Å². The number of morpholine rings is 1. The lowest BCUT2D eigenvalue weighted by atomic mass is 9.75. The van der Waals surface area contributed by atoms with Crippen molar-refractivity contribution >= 4 is 5.91 Å². The smallest absolute Gasteiger partial charge is 0.232 e. The molecule has 0 aromatic rings. The lowest BCUT2D eigenvalue weighted by Crippen LogP contribution is -2.59. The van der Waals surface area contributed by atoms with Crippen LogP contribution in [0.5, 0.6) is 0 Å². The van der Waals surface area contributed by atoms with E-state index < -0.39 is 0 Å². The summed E-state index contributed by atoms with van der Waals surface area (Å²) >= 11 is 0. The van der Waals surface area contributed by atoms with E-state index in [-0.39, 0.29) is 11.5 Å². The van der Waals surface area contributed by atoms with Gasteiger partial charge in [0.25, 0.3) is 0 Å². The Morgan fingerprint density at radius 2 is 1.92 bits per heavy atom. The van der Waals surface area contributed by atoms with E-state index in [4.69, 9.17) is 9.47 Å². The monoisotopic (exact) mass is 339 g/mol. The molecule has 138 valence electrons. The van der Waals surface area contributed by atoms with E-state index in [9.17, 15) is 4.79 Å². The van der Waals surface area contributed by atoms with Crippen molar-refractivity contribution in [2.45, 2.75) is 32.8 Å². The Hall–Kier alpha value is -0.690. The lowest BCUT2D eigenvalue weighted by molar-refractivity contribution is -0.154. The highest BCUT2D eigenvalue weighted by Crippen LogP contribution is 2.42. The van der Waals surface area contributed by atoms with E-state index in [1.54, 1.807) is 0 Å². The summed E-state index contributed by atoms with van der Waals surface area (Å²) in [4.78, 5) is 20.3. The summed E-state index contributed by atoms with van der Waals surface area (Å²) in [7, 11) is 0. The molecule has 0 aromatic carbocycles. The predicted octanol–water partition coefficient (Wildman–Crippen LogP) is 0.668. The maximum atomic E-state index is 13.3. The minimum Gasteiger partial charge on any atom is -0.378 e. The highest BCUT2D eigenvalue weighted by Gasteiger charge is 2.54. The van der Waals surface area contributed by atoms with Crippen molar-refractivity contribution in [1.29, 1.82) is 0 Å². The van der Waals surface area contributed by atoms with Crippen molar-refractivity contribution in [1.82, 2.24) is 14.7 Å². The summed E-state index contributed by atoms with van der Waals surface area (Å²) in [5.74, 6) is 0.306. The second-order valence-electron chi connectivity index (χ2n) is 7.26. The molecule has 0 radical (unpaired) electrons. The average Bonchev–Trinajstić information content (AvgIpc) is 3.07. The molecule has 0 bridgehead atoms. The number of likely N-dealkylation sites (tertiary alicyclic amines) is 1. The molecule has 6 nitrogen and oxygen atoms in total. The van der Waals surface area contributed by atoms with E-state index in [1.165, 1.54) is 0 Å². The molecule has 3 saturated heterocycles. The van der Waals surface area contributed by atoms with Crippen LogP contribution in [0.1, 0.15) is 26.7 Å². The fourth-order valence-corrected chi connectivity index (χ4v) is 4.43. The van der Waals surface area contributed by atoms with Gasteiger partial charge < -0.3 is 24.2 Å². The molecular formula is C18H33N3O3. The minimum atomic E-state index is -0.321. The normalized spacial score (nSPS) is 31.5. The Morgan fingerprint density at radius 3 is 2.62 bits per heavy atom. The molecule has 0 spiro atoms. The second-order valence-corrected chi connectivity index (χ2v) is 7.26. The number of rotatable bonds is 6. The van der Waals surface area contributed by atoms with Gasteiger partial charge in [0.1, 0.15) is 0 Å². The van der Waals surface area contributed by atoms with Crippen LogP contribution in [0, 0.1) is 5.41 Å². The number of nitrogens with zero attached hydrogens (tertiary/aromatic N) is 3. The van der Waals surface area contributed by atoms with Crippen LogP contribution in [-0.4, -0.2) is 98.9 Å². The van der Waals surface area contributed by atoms with E-state index >= 15 is 0 Å².